The Labute approximate surface area is 403 Å². The lowest BCUT2D eigenvalue weighted by molar-refractivity contribution is -0.135. The summed E-state index contributed by atoms with van der Waals surface area (Å²) < 4.78 is 22.0. The van der Waals surface area contributed by atoms with E-state index in [1.165, 1.54) is 77.0 Å². The number of ether oxygens (including phenoxy) is 4. The number of rotatable bonds is 29. The van der Waals surface area contributed by atoms with E-state index in [0.717, 1.165) is 60.8 Å². The molecule has 0 aliphatic rings. The summed E-state index contributed by atoms with van der Waals surface area (Å²) >= 11 is 0. The SMILES string of the molecule is O=C(CCCCCCCCCCCCCCCCCCCCC(=O)Oc1ccc(C(=O)Oc2ccc(-c3ccccc3)cc2)cc1)Oc1ccc(C(=O)Oc2ccc(-c3ccccc3)cc2)cc1. The fourth-order valence-electron chi connectivity index (χ4n) is 8.07. The van der Waals surface area contributed by atoms with Gasteiger partial charge in [0.2, 0.25) is 0 Å². The van der Waals surface area contributed by atoms with Crippen LogP contribution >= 0.6 is 0 Å². The first-order chi connectivity index (χ1) is 33.4. The first kappa shape index (κ1) is 50.6. The molecule has 0 radical (unpaired) electrons. The molecule has 0 aliphatic heterocycles. The van der Waals surface area contributed by atoms with Gasteiger partial charge in [-0.3, -0.25) is 9.59 Å². The molecule has 8 heteroatoms. The standard InChI is InChI=1S/C60H66O8/c61-57(65-53-43-35-51(36-44-53)59(63)67-55-39-31-49(32-40-55)47-25-19-17-20-26-47)29-23-15-13-11-9-7-5-3-1-2-4-6-8-10-12-14-16-24-30-58(62)66-54-45-37-52(38-46-54)60(64)68-56-41-33-50(34-42-56)48-27-21-18-22-28-48/h17-22,25-28,31-46H,1-16,23-24,29-30H2. The van der Waals surface area contributed by atoms with Crippen molar-refractivity contribution in [3.63, 3.8) is 0 Å². The van der Waals surface area contributed by atoms with Crippen LogP contribution in [0.15, 0.2) is 158 Å². The molecule has 68 heavy (non-hydrogen) atoms. The molecule has 0 spiro atoms. The average molecular weight is 915 g/mol. The van der Waals surface area contributed by atoms with Gasteiger partial charge in [-0.25, -0.2) is 9.59 Å². The molecular weight excluding hydrogens is 849 g/mol. The third-order valence-corrected chi connectivity index (χ3v) is 12.0. The highest BCUT2D eigenvalue weighted by Gasteiger charge is 2.13. The van der Waals surface area contributed by atoms with E-state index >= 15 is 0 Å². The van der Waals surface area contributed by atoms with Crippen molar-refractivity contribution in [2.24, 2.45) is 0 Å². The minimum Gasteiger partial charge on any atom is -0.427 e. The minimum atomic E-state index is -0.467. The van der Waals surface area contributed by atoms with Crippen molar-refractivity contribution in [2.45, 2.75) is 128 Å². The van der Waals surface area contributed by atoms with Crippen molar-refractivity contribution >= 4 is 23.9 Å². The molecule has 0 saturated carbocycles. The van der Waals surface area contributed by atoms with Crippen molar-refractivity contribution in [1.29, 1.82) is 0 Å². The van der Waals surface area contributed by atoms with Crippen LogP contribution in [0.1, 0.15) is 149 Å². The molecule has 6 rings (SSSR count). The number of unbranched alkanes of at least 4 members (excludes halogenated alkanes) is 17. The van der Waals surface area contributed by atoms with E-state index in [0.29, 0.717) is 47.0 Å². The fraction of sp³-hybridized carbons (Fsp3) is 0.333. The summed E-state index contributed by atoms with van der Waals surface area (Å²) in [6.45, 7) is 0. The van der Waals surface area contributed by atoms with Gasteiger partial charge in [0.05, 0.1) is 11.1 Å². The third-order valence-electron chi connectivity index (χ3n) is 12.0. The van der Waals surface area contributed by atoms with E-state index in [1.54, 1.807) is 72.8 Å². The minimum absolute atomic E-state index is 0.252. The Kier molecular flexibility index (Phi) is 21.6. The van der Waals surface area contributed by atoms with Crippen LogP contribution in [0.2, 0.25) is 0 Å². The van der Waals surface area contributed by atoms with Crippen molar-refractivity contribution in [2.75, 3.05) is 0 Å². The molecule has 354 valence electrons. The van der Waals surface area contributed by atoms with Gasteiger partial charge >= 0.3 is 23.9 Å². The number of benzene rings is 6. The lowest BCUT2D eigenvalue weighted by Gasteiger charge is -2.08. The van der Waals surface area contributed by atoms with E-state index in [4.69, 9.17) is 18.9 Å². The number of hydrogen-bond donors (Lipinski definition) is 0. The molecule has 0 unspecified atom stereocenters. The Bertz CT molecular complexity index is 2220. The van der Waals surface area contributed by atoms with E-state index < -0.39 is 11.9 Å². The van der Waals surface area contributed by atoms with Crippen LogP contribution in [0.5, 0.6) is 23.0 Å². The summed E-state index contributed by atoms with van der Waals surface area (Å²) in [6.07, 6.45) is 22.0. The molecule has 6 aromatic carbocycles. The molecular formula is C60H66O8. The highest BCUT2D eigenvalue weighted by Crippen LogP contribution is 2.25. The smallest absolute Gasteiger partial charge is 0.343 e. The zero-order valence-corrected chi connectivity index (χ0v) is 39.4. The van der Waals surface area contributed by atoms with Crippen LogP contribution in [0.25, 0.3) is 22.3 Å². The molecule has 6 aromatic rings. The Morgan fingerprint density at radius 3 is 0.779 bits per heavy atom. The predicted molar refractivity (Wildman–Crippen MR) is 270 cm³/mol. The molecule has 0 N–H and O–H groups in total. The molecule has 0 aliphatic carbocycles. The van der Waals surface area contributed by atoms with Gasteiger partial charge in [0.1, 0.15) is 23.0 Å². The van der Waals surface area contributed by atoms with Crippen LogP contribution in [-0.4, -0.2) is 23.9 Å². The van der Waals surface area contributed by atoms with E-state index in [2.05, 4.69) is 0 Å². The van der Waals surface area contributed by atoms with Crippen LogP contribution in [-0.2, 0) is 9.59 Å². The van der Waals surface area contributed by atoms with Crippen LogP contribution in [0.3, 0.4) is 0 Å². The molecule has 0 fully saturated rings. The van der Waals surface area contributed by atoms with Gasteiger partial charge in [-0.15, -0.1) is 0 Å². The van der Waals surface area contributed by atoms with Gasteiger partial charge in [-0.05, 0) is 108 Å². The van der Waals surface area contributed by atoms with Gasteiger partial charge in [-0.2, -0.15) is 0 Å². The second-order valence-corrected chi connectivity index (χ2v) is 17.4. The summed E-state index contributed by atoms with van der Waals surface area (Å²) in [5, 5.41) is 0. The highest BCUT2D eigenvalue weighted by atomic mass is 16.5. The quantitative estimate of drug-likeness (QED) is 0.0260. The van der Waals surface area contributed by atoms with E-state index in [-0.39, 0.29) is 11.9 Å². The van der Waals surface area contributed by atoms with Crippen LogP contribution in [0, 0.1) is 0 Å². The van der Waals surface area contributed by atoms with Crippen LogP contribution in [0.4, 0.5) is 0 Å². The molecule has 8 nitrogen and oxygen atoms in total. The summed E-state index contributed by atoms with van der Waals surface area (Å²) in [5.41, 5.74) is 5.05. The Hall–Kier alpha value is -6.80. The van der Waals surface area contributed by atoms with Gasteiger partial charge < -0.3 is 18.9 Å². The van der Waals surface area contributed by atoms with Crippen molar-refractivity contribution in [3.8, 4) is 45.3 Å². The second kappa shape index (κ2) is 29.1. The molecule has 0 saturated heterocycles. The van der Waals surface area contributed by atoms with Gasteiger partial charge in [0.25, 0.3) is 0 Å². The maximum absolute atomic E-state index is 12.6. The van der Waals surface area contributed by atoms with E-state index in [1.807, 2.05) is 84.9 Å². The summed E-state index contributed by atoms with van der Waals surface area (Å²) in [5.74, 6) is 0.341. The highest BCUT2D eigenvalue weighted by molar-refractivity contribution is 5.92. The van der Waals surface area contributed by atoms with Crippen molar-refractivity contribution < 1.29 is 38.1 Å². The van der Waals surface area contributed by atoms with E-state index in [9.17, 15) is 19.2 Å². The zero-order valence-electron chi connectivity index (χ0n) is 39.4. The first-order valence-electron chi connectivity index (χ1n) is 24.8. The molecule has 0 heterocycles. The van der Waals surface area contributed by atoms with Gasteiger partial charge in [-0.1, -0.05) is 188 Å². The normalized spacial score (nSPS) is 10.9. The Morgan fingerprint density at radius 1 is 0.250 bits per heavy atom. The lowest BCUT2D eigenvalue weighted by atomic mass is 10.0. The molecule has 0 amide bonds. The second-order valence-electron chi connectivity index (χ2n) is 17.4. The number of esters is 4. The maximum Gasteiger partial charge on any atom is 0.343 e. The monoisotopic (exact) mass is 914 g/mol. The Morgan fingerprint density at radius 2 is 0.485 bits per heavy atom. The average Bonchev–Trinajstić information content (AvgIpc) is 3.37. The first-order valence-corrected chi connectivity index (χ1v) is 24.8. The van der Waals surface area contributed by atoms with Crippen LogP contribution < -0.4 is 18.9 Å². The number of hydrogen-bond acceptors (Lipinski definition) is 8. The maximum atomic E-state index is 12.6. The Balaban J connectivity index is 0.675. The summed E-state index contributed by atoms with van der Waals surface area (Å²) in [4.78, 5) is 50.1. The largest absolute Gasteiger partial charge is 0.427 e. The van der Waals surface area contributed by atoms with Gasteiger partial charge in [0.15, 0.2) is 0 Å². The third kappa shape index (κ3) is 18.5. The molecule has 0 aromatic heterocycles. The summed E-state index contributed by atoms with van der Waals surface area (Å²) in [6, 6.07) is 47.8. The topological polar surface area (TPSA) is 105 Å². The van der Waals surface area contributed by atoms with Crippen molar-refractivity contribution in [1.82, 2.24) is 0 Å². The molecule has 0 atom stereocenters. The summed E-state index contributed by atoms with van der Waals surface area (Å²) in [7, 11) is 0. The number of carbonyl (C=O) groups excluding carboxylic acids is 4. The number of carbonyl (C=O) groups is 4. The zero-order chi connectivity index (χ0) is 47.4. The lowest BCUT2D eigenvalue weighted by Crippen LogP contribution is -2.10. The van der Waals surface area contributed by atoms with Crippen molar-refractivity contribution in [3.05, 3.63) is 169 Å². The predicted octanol–water partition coefficient (Wildman–Crippen LogP) is 15.8. The fourth-order valence-corrected chi connectivity index (χ4v) is 8.07. The molecule has 0 bridgehead atoms. The van der Waals surface area contributed by atoms with Gasteiger partial charge in [0, 0.05) is 12.8 Å².